The molecule has 0 atom stereocenters. The SMILES string of the molecule is CCOC(=O)C(=O)CC(=O)/C(=C\c1ccc(OC)cc1)c1ccccc1. The molecule has 0 saturated carbocycles. The first kappa shape index (κ1) is 19.1. The van der Waals surface area contributed by atoms with E-state index in [9.17, 15) is 14.4 Å². The molecule has 0 unspecified atom stereocenters. The number of ether oxygens (including phenoxy) is 2. The van der Waals surface area contributed by atoms with Gasteiger partial charge in [0.05, 0.1) is 20.1 Å². The van der Waals surface area contributed by atoms with Crippen LogP contribution in [0.4, 0.5) is 0 Å². The van der Waals surface area contributed by atoms with Crippen molar-refractivity contribution in [1.29, 1.82) is 0 Å². The normalized spacial score (nSPS) is 10.9. The number of hydrogen-bond acceptors (Lipinski definition) is 5. The first-order valence-corrected chi connectivity index (χ1v) is 8.19. The number of esters is 1. The molecule has 0 fully saturated rings. The fourth-order valence-corrected chi connectivity index (χ4v) is 2.33. The second-order valence-corrected chi connectivity index (χ2v) is 5.44. The maximum Gasteiger partial charge on any atom is 0.375 e. The number of Topliss-reactive ketones (excluding diaryl/α,β-unsaturated/α-hetero) is 2. The Morgan fingerprint density at radius 3 is 2.15 bits per heavy atom. The molecular formula is C21H20O5. The molecule has 0 saturated heterocycles. The molecule has 5 nitrogen and oxygen atoms in total. The molecule has 5 heteroatoms. The van der Waals surface area contributed by atoms with Gasteiger partial charge in [-0.2, -0.15) is 0 Å². The highest BCUT2D eigenvalue weighted by Crippen LogP contribution is 2.22. The summed E-state index contributed by atoms with van der Waals surface area (Å²) in [6.45, 7) is 1.69. The van der Waals surface area contributed by atoms with Crippen molar-refractivity contribution in [2.75, 3.05) is 13.7 Å². The molecule has 0 N–H and O–H groups in total. The maximum absolute atomic E-state index is 12.7. The second-order valence-electron chi connectivity index (χ2n) is 5.44. The lowest BCUT2D eigenvalue weighted by molar-refractivity contribution is -0.154. The van der Waals surface area contributed by atoms with Crippen molar-refractivity contribution >= 4 is 29.2 Å². The molecule has 0 aliphatic heterocycles. The zero-order valence-electron chi connectivity index (χ0n) is 14.7. The van der Waals surface area contributed by atoms with E-state index in [0.717, 1.165) is 5.56 Å². The van der Waals surface area contributed by atoms with Crippen LogP contribution in [-0.4, -0.2) is 31.3 Å². The summed E-state index contributed by atoms with van der Waals surface area (Å²) in [4.78, 5) is 36.1. The van der Waals surface area contributed by atoms with Crippen molar-refractivity contribution in [2.45, 2.75) is 13.3 Å². The van der Waals surface area contributed by atoms with E-state index in [2.05, 4.69) is 4.74 Å². The van der Waals surface area contributed by atoms with Crippen LogP contribution >= 0.6 is 0 Å². The van der Waals surface area contributed by atoms with E-state index in [0.29, 0.717) is 16.9 Å². The van der Waals surface area contributed by atoms with Crippen molar-refractivity contribution in [3.05, 3.63) is 65.7 Å². The second kappa shape index (κ2) is 9.32. The minimum atomic E-state index is -0.988. The number of carbonyl (C=O) groups excluding carboxylic acids is 3. The summed E-state index contributed by atoms with van der Waals surface area (Å²) in [6, 6.07) is 16.2. The number of hydrogen-bond donors (Lipinski definition) is 0. The summed E-state index contributed by atoms with van der Waals surface area (Å²) >= 11 is 0. The highest BCUT2D eigenvalue weighted by atomic mass is 16.5. The zero-order valence-corrected chi connectivity index (χ0v) is 14.7. The van der Waals surface area contributed by atoms with E-state index in [-0.39, 0.29) is 6.61 Å². The lowest BCUT2D eigenvalue weighted by atomic mass is 9.96. The molecule has 2 aromatic carbocycles. The van der Waals surface area contributed by atoms with Gasteiger partial charge in [-0.3, -0.25) is 9.59 Å². The van der Waals surface area contributed by atoms with Crippen LogP contribution in [0.2, 0.25) is 0 Å². The predicted octanol–water partition coefficient (Wildman–Crippen LogP) is 3.33. The van der Waals surface area contributed by atoms with Gasteiger partial charge >= 0.3 is 5.97 Å². The monoisotopic (exact) mass is 352 g/mol. The number of benzene rings is 2. The van der Waals surface area contributed by atoms with E-state index in [4.69, 9.17) is 4.74 Å². The zero-order chi connectivity index (χ0) is 18.9. The molecule has 0 aliphatic rings. The Morgan fingerprint density at radius 1 is 0.923 bits per heavy atom. The van der Waals surface area contributed by atoms with Gasteiger partial charge in [0, 0.05) is 5.57 Å². The summed E-state index contributed by atoms with van der Waals surface area (Å²) in [5, 5.41) is 0. The maximum atomic E-state index is 12.7. The van der Waals surface area contributed by atoms with Crippen LogP contribution in [0.15, 0.2) is 54.6 Å². The van der Waals surface area contributed by atoms with Crippen LogP contribution in [0.1, 0.15) is 24.5 Å². The van der Waals surface area contributed by atoms with E-state index in [1.807, 2.05) is 18.2 Å². The molecule has 134 valence electrons. The first-order chi connectivity index (χ1) is 12.5. The molecule has 0 heterocycles. The topological polar surface area (TPSA) is 69.7 Å². The predicted molar refractivity (Wildman–Crippen MR) is 98.6 cm³/mol. The molecule has 0 spiro atoms. The highest BCUT2D eigenvalue weighted by Gasteiger charge is 2.22. The first-order valence-electron chi connectivity index (χ1n) is 8.19. The molecular weight excluding hydrogens is 332 g/mol. The molecule has 2 aromatic rings. The van der Waals surface area contributed by atoms with Crippen molar-refractivity contribution in [3.63, 3.8) is 0 Å². The lowest BCUT2D eigenvalue weighted by Crippen LogP contribution is -2.21. The number of rotatable bonds is 8. The molecule has 0 bridgehead atoms. The smallest absolute Gasteiger partial charge is 0.375 e. The van der Waals surface area contributed by atoms with Gasteiger partial charge in [-0.05, 0) is 36.3 Å². The van der Waals surface area contributed by atoms with Gasteiger partial charge in [-0.1, -0.05) is 42.5 Å². The van der Waals surface area contributed by atoms with Gasteiger partial charge in [0.25, 0.3) is 0 Å². The lowest BCUT2D eigenvalue weighted by Gasteiger charge is -2.08. The van der Waals surface area contributed by atoms with Crippen LogP contribution in [0.25, 0.3) is 11.6 Å². The van der Waals surface area contributed by atoms with Crippen LogP contribution in [0.3, 0.4) is 0 Å². The Labute approximate surface area is 152 Å². The molecule has 0 amide bonds. The Hall–Kier alpha value is -3.21. The van der Waals surface area contributed by atoms with Crippen molar-refractivity contribution in [3.8, 4) is 5.75 Å². The van der Waals surface area contributed by atoms with Crippen molar-refractivity contribution in [2.24, 2.45) is 0 Å². The third-order valence-corrected chi connectivity index (χ3v) is 3.64. The number of ketones is 2. The molecule has 0 aliphatic carbocycles. The Kier molecular flexibility index (Phi) is 6.85. The van der Waals surface area contributed by atoms with Gasteiger partial charge in [0.2, 0.25) is 5.78 Å². The summed E-state index contributed by atoms with van der Waals surface area (Å²) in [7, 11) is 1.57. The minimum absolute atomic E-state index is 0.0893. The number of allylic oxidation sites excluding steroid dienone is 1. The van der Waals surface area contributed by atoms with E-state index in [1.165, 1.54) is 0 Å². The van der Waals surface area contributed by atoms with E-state index >= 15 is 0 Å². The molecule has 0 radical (unpaired) electrons. The average Bonchev–Trinajstić information content (AvgIpc) is 2.67. The summed E-state index contributed by atoms with van der Waals surface area (Å²) in [5.41, 5.74) is 1.81. The fraction of sp³-hybridized carbons (Fsp3) is 0.190. The van der Waals surface area contributed by atoms with Gasteiger partial charge < -0.3 is 9.47 Å². The van der Waals surface area contributed by atoms with Gasteiger partial charge in [0.1, 0.15) is 5.75 Å². The number of methoxy groups -OCH3 is 1. The van der Waals surface area contributed by atoms with Gasteiger partial charge in [-0.25, -0.2) is 4.79 Å². The summed E-state index contributed by atoms with van der Waals surface area (Å²) in [5.74, 6) is -1.58. The summed E-state index contributed by atoms with van der Waals surface area (Å²) < 4.78 is 9.78. The quantitative estimate of drug-likeness (QED) is 0.240. The van der Waals surface area contributed by atoms with Gasteiger partial charge in [0.15, 0.2) is 5.78 Å². The van der Waals surface area contributed by atoms with Crippen LogP contribution in [0, 0.1) is 0 Å². The largest absolute Gasteiger partial charge is 0.497 e. The van der Waals surface area contributed by atoms with E-state index in [1.54, 1.807) is 56.5 Å². The third kappa shape index (κ3) is 5.14. The number of carbonyl (C=O) groups is 3. The Balaban J connectivity index is 2.32. The van der Waals surface area contributed by atoms with Gasteiger partial charge in [-0.15, -0.1) is 0 Å². The molecule has 26 heavy (non-hydrogen) atoms. The average molecular weight is 352 g/mol. The summed E-state index contributed by atoms with van der Waals surface area (Å²) in [6.07, 6.45) is 1.16. The standard InChI is InChI=1S/C21H20O5/c1-3-26-21(24)20(23)14-19(22)18(16-7-5-4-6-8-16)13-15-9-11-17(25-2)12-10-15/h4-13H,3,14H2,1-2H3/b18-13-. The molecule has 2 rings (SSSR count). The van der Waals surface area contributed by atoms with E-state index < -0.39 is 24.0 Å². The van der Waals surface area contributed by atoms with Crippen LogP contribution in [-0.2, 0) is 19.1 Å². The van der Waals surface area contributed by atoms with Crippen LogP contribution < -0.4 is 4.74 Å². The van der Waals surface area contributed by atoms with Crippen LogP contribution in [0.5, 0.6) is 5.75 Å². The Morgan fingerprint density at radius 2 is 1.58 bits per heavy atom. The Bertz CT molecular complexity index is 804. The van der Waals surface area contributed by atoms with Crippen molar-refractivity contribution in [1.82, 2.24) is 0 Å². The fourth-order valence-electron chi connectivity index (χ4n) is 2.33. The minimum Gasteiger partial charge on any atom is -0.497 e. The van der Waals surface area contributed by atoms with Crippen molar-refractivity contribution < 1.29 is 23.9 Å². The highest BCUT2D eigenvalue weighted by molar-refractivity contribution is 6.42. The molecule has 0 aromatic heterocycles. The third-order valence-electron chi connectivity index (χ3n) is 3.64.